The molecule has 0 aliphatic heterocycles. The Morgan fingerprint density at radius 3 is 0.857 bits per heavy atom. The summed E-state index contributed by atoms with van der Waals surface area (Å²) in [5.41, 5.74) is 23.2. The first-order chi connectivity index (χ1) is 62.5. The number of benzene rings is 17. The third-order valence-electron chi connectivity index (χ3n) is 24.1. The Kier molecular flexibility index (Phi) is 18.3. The molecule has 0 unspecified atom stereocenters. The van der Waals surface area contributed by atoms with E-state index < -0.39 is 0 Å². The Balaban J connectivity index is 0.000000106. The fourth-order valence-corrected chi connectivity index (χ4v) is 21.8. The Morgan fingerprint density at radius 1 is 0.167 bits per heavy atom. The maximum atomic E-state index is 5.19. The first-order valence-electron chi connectivity index (χ1n) is 42.2. The minimum absolute atomic E-state index is 0.682. The highest BCUT2D eigenvalue weighted by molar-refractivity contribution is 7.27. The first kappa shape index (κ1) is 73.9. The lowest BCUT2D eigenvalue weighted by Gasteiger charge is -2.12. The quantitative estimate of drug-likeness (QED) is 0.128. The van der Waals surface area contributed by atoms with E-state index in [-0.39, 0.29) is 0 Å². The molecule has 0 saturated heterocycles. The molecular formula is C114H71N9S3. The molecule has 0 radical (unpaired) electrons. The molecule has 0 spiro atoms. The van der Waals surface area contributed by atoms with Crippen molar-refractivity contribution >= 4 is 160 Å². The zero-order valence-electron chi connectivity index (χ0n) is 67.7. The summed E-state index contributed by atoms with van der Waals surface area (Å²) < 4.78 is 14.9. The molecule has 0 N–H and O–H groups in total. The molecule has 9 nitrogen and oxygen atoms in total. The van der Waals surface area contributed by atoms with Crippen molar-refractivity contribution in [1.82, 2.24) is 43.6 Å². The molecule has 126 heavy (non-hydrogen) atoms. The molecule has 0 aliphatic carbocycles. The molecule has 12 heteroatoms. The van der Waals surface area contributed by atoms with Crippen molar-refractivity contribution in [3.63, 3.8) is 0 Å². The normalized spacial score (nSPS) is 11.7. The summed E-state index contributed by atoms with van der Waals surface area (Å²) >= 11 is 5.57. The number of hydrogen-bond donors (Lipinski definition) is 0. The number of hydrogen-bond acceptors (Lipinski definition) is 9. The van der Waals surface area contributed by atoms with Crippen LogP contribution in [0.3, 0.4) is 0 Å². The van der Waals surface area contributed by atoms with Crippen molar-refractivity contribution in [3.8, 4) is 108 Å². The summed E-state index contributed by atoms with van der Waals surface area (Å²) in [6.45, 7) is 0. The number of fused-ring (bicyclic) bond motifs is 20. The molecule has 26 aromatic rings. The van der Waals surface area contributed by atoms with Gasteiger partial charge in [-0.15, -0.1) is 34.0 Å². The zero-order chi connectivity index (χ0) is 83.1. The lowest BCUT2D eigenvalue weighted by molar-refractivity contribution is 0.998. The van der Waals surface area contributed by atoms with E-state index in [0.29, 0.717) is 17.6 Å². The van der Waals surface area contributed by atoms with E-state index in [4.69, 9.17) is 29.9 Å². The Labute approximate surface area is 736 Å². The lowest BCUT2D eigenvalue weighted by atomic mass is 10.1. The summed E-state index contributed by atoms with van der Waals surface area (Å²) in [4.78, 5) is 30.5. The third kappa shape index (κ3) is 13.0. The van der Waals surface area contributed by atoms with Gasteiger partial charge in [-0.2, -0.15) is 0 Å². The smallest absolute Gasteiger partial charge is 0.235 e. The summed E-state index contributed by atoms with van der Waals surface area (Å²) in [6.07, 6.45) is 0. The van der Waals surface area contributed by atoms with Crippen molar-refractivity contribution in [1.29, 1.82) is 0 Å². The highest BCUT2D eigenvalue weighted by Gasteiger charge is 2.24. The summed E-state index contributed by atoms with van der Waals surface area (Å²) in [5, 5.41) is 15.3. The number of aromatic nitrogens is 9. The van der Waals surface area contributed by atoms with Crippen molar-refractivity contribution in [3.05, 3.63) is 431 Å². The highest BCUT2D eigenvalue weighted by Crippen LogP contribution is 2.47. The Morgan fingerprint density at radius 2 is 0.460 bits per heavy atom. The van der Waals surface area contributed by atoms with Gasteiger partial charge in [0.2, 0.25) is 5.95 Å². The van der Waals surface area contributed by atoms with Crippen molar-refractivity contribution in [2.75, 3.05) is 0 Å². The second-order valence-corrected chi connectivity index (χ2v) is 34.7. The highest BCUT2D eigenvalue weighted by atomic mass is 32.1. The number of thiophene rings is 3. The summed E-state index contributed by atoms with van der Waals surface area (Å²) in [7, 11) is 0. The standard InChI is InChI=1S/2C40H25N3S.C34H21N3S/c1-3-11-26(12-4-1)34-24-35(27-13-5-2-6-14-27)42-40(41-34)28-19-21-29(22-20-28)43-36-17-9-7-15-30(36)32-23-33-31-16-8-10-18-38(31)44-39(33)25-37(32)43;1-3-11-26(12-4-1)34-25-35(27-13-5-2-6-14-27)42-40(41-34)28-19-21-29(22-20-28)43-36-17-9-7-15-30(36)32-23-24-33-31-16-8-10-18-37(31)44-39(33)38(32)43;1-3-11-22(12-4-1)28-21-29(23-13-5-2-6-14-23)36-34(35-28)37-30-17-9-7-15-24(30)26-19-20-27-25-16-8-10-18-31(25)38-33(27)32(26)37/h2*1-25H;1-21H. The monoisotopic (exact) mass is 1660 g/mol. The maximum absolute atomic E-state index is 5.19. The minimum atomic E-state index is 0.682. The second-order valence-electron chi connectivity index (χ2n) is 31.5. The predicted molar refractivity (Wildman–Crippen MR) is 531 cm³/mol. The lowest BCUT2D eigenvalue weighted by Crippen LogP contribution is -2.04. The van der Waals surface area contributed by atoms with Crippen LogP contribution in [0.15, 0.2) is 431 Å². The van der Waals surface area contributed by atoms with Gasteiger partial charge in [-0.1, -0.05) is 315 Å². The molecule has 0 bridgehead atoms. The third-order valence-corrected chi connectivity index (χ3v) is 27.6. The van der Waals surface area contributed by atoms with E-state index in [2.05, 4.69) is 359 Å². The molecule has 0 saturated carbocycles. The van der Waals surface area contributed by atoms with Gasteiger partial charge in [-0.3, -0.25) is 4.57 Å². The van der Waals surface area contributed by atoms with Crippen molar-refractivity contribution < 1.29 is 0 Å². The van der Waals surface area contributed by atoms with Gasteiger partial charge in [-0.05, 0) is 115 Å². The van der Waals surface area contributed by atoms with Crippen LogP contribution in [0.5, 0.6) is 0 Å². The average molecular weight is 1660 g/mol. The van der Waals surface area contributed by atoms with Crippen LogP contribution in [0.25, 0.3) is 234 Å². The zero-order valence-corrected chi connectivity index (χ0v) is 70.2. The van der Waals surface area contributed by atoms with Crippen LogP contribution in [0.1, 0.15) is 0 Å². The van der Waals surface area contributed by atoms with Gasteiger partial charge >= 0.3 is 0 Å². The van der Waals surface area contributed by atoms with Crippen LogP contribution < -0.4 is 0 Å². The van der Waals surface area contributed by atoms with Gasteiger partial charge in [0.15, 0.2) is 11.6 Å². The second kappa shape index (κ2) is 31.2. The molecule has 9 heterocycles. The fraction of sp³-hybridized carbons (Fsp3) is 0. The van der Waals surface area contributed by atoms with Crippen LogP contribution in [-0.2, 0) is 0 Å². The van der Waals surface area contributed by atoms with E-state index >= 15 is 0 Å². The molecule has 9 aromatic heterocycles. The van der Waals surface area contributed by atoms with Gasteiger partial charge in [0.05, 0.1) is 76.7 Å². The Bertz CT molecular complexity index is 8510. The van der Waals surface area contributed by atoms with Crippen LogP contribution in [-0.4, -0.2) is 43.6 Å². The van der Waals surface area contributed by atoms with Crippen LogP contribution >= 0.6 is 34.0 Å². The van der Waals surface area contributed by atoms with E-state index in [1.807, 2.05) is 119 Å². The van der Waals surface area contributed by atoms with Crippen LogP contribution in [0, 0.1) is 0 Å². The van der Waals surface area contributed by atoms with Gasteiger partial charge in [-0.25, -0.2) is 29.9 Å². The minimum Gasteiger partial charge on any atom is -0.309 e. The number of rotatable bonds is 11. The van der Waals surface area contributed by atoms with E-state index in [9.17, 15) is 0 Å². The SMILES string of the molecule is c1ccc(-c2cc(-c3ccccc3)nc(-c3ccc(-n4c5ccccc5c5cc6c(cc54)sc4ccccc46)cc3)n2)cc1.c1ccc(-c2cc(-c3ccccc3)nc(-c3ccc(-n4c5ccccc5c5ccc6c7ccccc7sc6c54)cc3)n2)cc1.c1ccc(-c2cc(-c3ccccc3)nc(-n3c4ccccc4c4ccc5c6ccccc6sc5c43)n2)cc1. The predicted octanol–water partition coefficient (Wildman–Crippen LogP) is 31.2. The fourth-order valence-electron chi connectivity index (χ4n) is 18.2. The number of para-hydroxylation sites is 3. The molecule has 0 atom stereocenters. The molecule has 26 rings (SSSR count). The van der Waals surface area contributed by atoms with Crippen LogP contribution in [0.2, 0.25) is 0 Å². The van der Waals surface area contributed by atoms with E-state index in [0.717, 1.165) is 101 Å². The summed E-state index contributed by atoms with van der Waals surface area (Å²) in [6, 6.07) is 152. The average Bonchev–Trinajstić information content (AvgIpc) is 1.57. The summed E-state index contributed by atoms with van der Waals surface area (Å²) in [5.74, 6) is 2.11. The molecule has 0 amide bonds. The molecule has 0 aliphatic rings. The van der Waals surface area contributed by atoms with Crippen molar-refractivity contribution in [2.24, 2.45) is 0 Å². The van der Waals surface area contributed by atoms with Gasteiger partial charge in [0.25, 0.3) is 0 Å². The van der Waals surface area contributed by atoms with Crippen molar-refractivity contribution in [2.45, 2.75) is 0 Å². The van der Waals surface area contributed by atoms with Gasteiger partial charge in [0, 0.05) is 139 Å². The molecule has 0 fully saturated rings. The van der Waals surface area contributed by atoms with Crippen LogP contribution in [0.4, 0.5) is 0 Å². The topological polar surface area (TPSA) is 92.1 Å². The van der Waals surface area contributed by atoms with Gasteiger partial charge < -0.3 is 9.13 Å². The van der Waals surface area contributed by atoms with Gasteiger partial charge in [0.1, 0.15) is 0 Å². The first-order valence-corrected chi connectivity index (χ1v) is 44.6. The molecular weight excluding hydrogens is 1590 g/mol. The largest absolute Gasteiger partial charge is 0.309 e. The molecule has 17 aromatic carbocycles. The maximum Gasteiger partial charge on any atom is 0.235 e. The molecule has 590 valence electrons. The Hall–Kier alpha value is -16.0. The number of nitrogens with zero attached hydrogens (tertiary/aromatic N) is 9. The van der Waals surface area contributed by atoms with E-state index in [1.54, 1.807) is 0 Å². The van der Waals surface area contributed by atoms with E-state index in [1.165, 1.54) is 115 Å².